The number of rotatable bonds is 3. The van der Waals surface area contributed by atoms with Crippen LogP contribution in [0.3, 0.4) is 0 Å². The van der Waals surface area contributed by atoms with Gasteiger partial charge in [0.15, 0.2) is 0 Å². The number of carbonyl (C=O) groups excluding carboxylic acids is 1. The lowest BCUT2D eigenvalue weighted by molar-refractivity contribution is -0.104. The van der Waals surface area contributed by atoms with Gasteiger partial charge >= 0.3 is 0 Å². The van der Waals surface area contributed by atoms with Crippen molar-refractivity contribution in [2.24, 2.45) is 0 Å². The predicted octanol–water partition coefficient (Wildman–Crippen LogP) is 1.97. The van der Waals surface area contributed by atoms with Crippen molar-refractivity contribution in [2.75, 3.05) is 0 Å². The second-order valence-electron chi connectivity index (χ2n) is 1.28. The molecule has 44 valence electrons. The Hall–Kier alpha value is -0.500. The van der Waals surface area contributed by atoms with Crippen LogP contribution in [-0.4, -0.2) is 6.29 Å². The van der Waals surface area contributed by atoms with E-state index in [1.54, 1.807) is 17.7 Å². The number of hydrogen-bond donors (Lipinski definition) is 0. The van der Waals surface area contributed by atoms with Crippen LogP contribution >= 0.6 is 11.8 Å². The minimum atomic E-state index is 0.731. The van der Waals surface area contributed by atoms with Gasteiger partial charge in [-0.05, 0) is 23.3 Å². The summed E-state index contributed by atoms with van der Waals surface area (Å²) in [6.07, 6.45) is 0.816. The molecule has 0 atom stereocenters. The van der Waals surface area contributed by atoms with Gasteiger partial charge in [-0.15, -0.1) is 11.8 Å². The predicted molar refractivity (Wildman–Crippen MR) is 37.6 cm³/mol. The molecule has 0 aromatic rings. The van der Waals surface area contributed by atoms with E-state index in [4.69, 9.17) is 0 Å². The Labute approximate surface area is 53.5 Å². The third kappa shape index (κ3) is 3.68. The van der Waals surface area contributed by atoms with Crippen molar-refractivity contribution < 1.29 is 4.79 Å². The van der Waals surface area contributed by atoms with Crippen LogP contribution in [0.25, 0.3) is 0 Å². The van der Waals surface area contributed by atoms with Gasteiger partial charge in [0.05, 0.1) is 0 Å². The SMILES string of the molecule is C=CS/C=C(\C)C=O. The fourth-order valence-corrected chi connectivity index (χ4v) is 0.550. The van der Waals surface area contributed by atoms with Gasteiger partial charge in [0.2, 0.25) is 0 Å². The summed E-state index contributed by atoms with van der Waals surface area (Å²) >= 11 is 1.41. The van der Waals surface area contributed by atoms with Gasteiger partial charge in [0.25, 0.3) is 0 Å². The Morgan fingerprint density at radius 1 is 1.75 bits per heavy atom. The molecule has 0 amide bonds. The molecule has 0 aliphatic carbocycles. The average molecular weight is 128 g/mol. The first kappa shape index (κ1) is 7.50. The Bertz CT molecular complexity index is 116. The van der Waals surface area contributed by atoms with Gasteiger partial charge in [-0.25, -0.2) is 0 Å². The molecule has 2 heteroatoms. The highest BCUT2D eigenvalue weighted by molar-refractivity contribution is 8.04. The van der Waals surface area contributed by atoms with Crippen molar-refractivity contribution in [3.8, 4) is 0 Å². The highest BCUT2D eigenvalue weighted by Gasteiger charge is 1.78. The van der Waals surface area contributed by atoms with E-state index >= 15 is 0 Å². The maximum Gasteiger partial charge on any atom is 0.146 e. The van der Waals surface area contributed by atoms with Crippen molar-refractivity contribution in [3.63, 3.8) is 0 Å². The first-order chi connectivity index (χ1) is 3.81. The van der Waals surface area contributed by atoms with E-state index in [0.717, 1.165) is 11.9 Å². The fraction of sp³-hybridized carbons (Fsp3) is 0.167. The second-order valence-corrected chi connectivity index (χ2v) is 2.12. The molecule has 0 radical (unpaired) electrons. The van der Waals surface area contributed by atoms with E-state index in [0.29, 0.717) is 0 Å². The molecule has 0 N–H and O–H groups in total. The molecule has 0 spiro atoms. The first-order valence-electron chi connectivity index (χ1n) is 2.19. The highest BCUT2D eigenvalue weighted by Crippen LogP contribution is 2.04. The molecule has 8 heavy (non-hydrogen) atoms. The van der Waals surface area contributed by atoms with E-state index in [-0.39, 0.29) is 0 Å². The van der Waals surface area contributed by atoms with E-state index in [9.17, 15) is 4.79 Å². The third-order valence-electron chi connectivity index (χ3n) is 0.536. The van der Waals surface area contributed by atoms with Gasteiger partial charge in [-0.3, -0.25) is 4.79 Å². The largest absolute Gasteiger partial charge is 0.298 e. The van der Waals surface area contributed by atoms with Crippen molar-refractivity contribution >= 4 is 18.0 Å². The second kappa shape index (κ2) is 4.65. The zero-order valence-electron chi connectivity index (χ0n) is 4.76. The quantitative estimate of drug-likeness (QED) is 0.427. The molecule has 1 nitrogen and oxygen atoms in total. The molecule has 0 fully saturated rings. The summed E-state index contributed by atoms with van der Waals surface area (Å²) in [7, 11) is 0. The summed E-state index contributed by atoms with van der Waals surface area (Å²) in [5.74, 6) is 0. The average Bonchev–Trinajstić information content (AvgIpc) is 1.83. The molecule has 0 aliphatic heterocycles. The molecular formula is C6H8OS. The fourth-order valence-electron chi connectivity index (χ4n) is 0.183. The molecule has 0 bridgehead atoms. The number of allylic oxidation sites excluding steroid dienone is 1. The standard InChI is InChI=1S/C6H8OS/c1-3-8-5-6(2)4-7/h3-5H,1H2,2H3/b6-5+. The summed E-state index contributed by atoms with van der Waals surface area (Å²) in [5, 5.41) is 3.42. The zero-order chi connectivity index (χ0) is 6.41. The highest BCUT2D eigenvalue weighted by atomic mass is 32.2. The Morgan fingerprint density at radius 3 is 2.75 bits per heavy atom. The first-order valence-corrected chi connectivity index (χ1v) is 3.14. The molecule has 0 heterocycles. The molecule has 0 aliphatic rings. The van der Waals surface area contributed by atoms with Crippen molar-refractivity contribution in [3.05, 3.63) is 23.0 Å². The topological polar surface area (TPSA) is 17.1 Å². The Morgan fingerprint density at radius 2 is 2.38 bits per heavy atom. The molecule has 0 rings (SSSR count). The maximum atomic E-state index is 9.89. The van der Waals surface area contributed by atoms with Crippen molar-refractivity contribution in [1.82, 2.24) is 0 Å². The van der Waals surface area contributed by atoms with Crippen LogP contribution < -0.4 is 0 Å². The van der Waals surface area contributed by atoms with Gasteiger partial charge < -0.3 is 0 Å². The van der Waals surface area contributed by atoms with Crippen LogP contribution in [-0.2, 0) is 4.79 Å². The van der Waals surface area contributed by atoms with Crippen molar-refractivity contribution in [1.29, 1.82) is 0 Å². The van der Waals surface area contributed by atoms with Crippen LogP contribution in [0.4, 0.5) is 0 Å². The number of carbonyl (C=O) groups is 1. The number of hydrogen-bond acceptors (Lipinski definition) is 2. The van der Waals surface area contributed by atoms with Gasteiger partial charge in [-0.1, -0.05) is 6.58 Å². The van der Waals surface area contributed by atoms with E-state index in [1.165, 1.54) is 11.8 Å². The summed E-state index contributed by atoms with van der Waals surface area (Å²) in [6, 6.07) is 0. The smallest absolute Gasteiger partial charge is 0.146 e. The van der Waals surface area contributed by atoms with Crippen LogP contribution in [0, 0.1) is 0 Å². The third-order valence-corrected chi connectivity index (χ3v) is 1.24. The van der Waals surface area contributed by atoms with Gasteiger partial charge in [0.1, 0.15) is 6.29 Å². The minimum absolute atomic E-state index is 0.731. The number of aldehydes is 1. The summed E-state index contributed by atoms with van der Waals surface area (Å²) < 4.78 is 0. The Balaban J connectivity index is 3.56. The molecular weight excluding hydrogens is 120 g/mol. The van der Waals surface area contributed by atoms with E-state index < -0.39 is 0 Å². The normalized spacial score (nSPS) is 10.9. The van der Waals surface area contributed by atoms with Crippen LogP contribution in [0.15, 0.2) is 23.0 Å². The van der Waals surface area contributed by atoms with Crippen LogP contribution in [0.2, 0.25) is 0 Å². The van der Waals surface area contributed by atoms with Gasteiger partial charge in [-0.2, -0.15) is 0 Å². The monoisotopic (exact) mass is 128 g/mol. The van der Waals surface area contributed by atoms with Crippen LogP contribution in [0.1, 0.15) is 6.92 Å². The molecule has 0 aromatic carbocycles. The zero-order valence-corrected chi connectivity index (χ0v) is 5.57. The lowest BCUT2D eigenvalue weighted by Crippen LogP contribution is -1.70. The summed E-state index contributed by atoms with van der Waals surface area (Å²) in [5.41, 5.74) is 0.731. The van der Waals surface area contributed by atoms with E-state index in [2.05, 4.69) is 6.58 Å². The van der Waals surface area contributed by atoms with Crippen molar-refractivity contribution in [2.45, 2.75) is 6.92 Å². The lowest BCUT2D eigenvalue weighted by atomic mass is 10.4. The molecule has 0 unspecified atom stereocenters. The minimum Gasteiger partial charge on any atom is -0.298 e. The molecule has 0 saturated heterocycles. The van der Waals surface area contributed by atoms with Gasteiger partial charge in [0, 0.05) is 0 Å². The number of thioether (sulfide) groups is 1. The summed E-state index contributed by atoms with van der Waals surface area (Å²) in [4.78, 5) is 9.89. The van der Waals surface area contributed by atoms with E-state index in [1.807, 2.05) is 0 Å². The summed E-state index contributed by atoms with van der Waals surface area (Å²) in [6.45, 7) is 5.22. The lowest BCUT2D eigenvalue weighted by Gasteiger charge is -1.80. The Kier molecular flexibility index (Phi) is 4.36. The molecule has 0 aromatic heterocycles. The molecule has 0 saturated carbocycles. The van der Waals surface area contributed by atoms with Crippen LogP contribution in [0.5, 0.6) is 0 Å². The maximum absolute atomic E-state index is 9.89.